The SMILES string of the molecule is CCOC(C)CNCc1cc(C)ccc1F. The molecule has 0 spiro atoms. The Bertz CT molecular complexity index is 328. The largest absolute Gasteiger partial charge is 0.377 e. The Balaban J connectivity index is 2.39. The van der Waals surface area contributed by atoms with E-state index in [0.717, 1.165) is 12.1 Å². The first kappa shape index (κ1) is 13.1. The minimum absolute atomic E-state index is 0.151. The highest BCUT2D eigenvalue weighted by molar-refractivity contribution is 5.23. The minimum atomic E-state index is -0.151. The molecule has 2 nitrogen and oxygen atoms in total. The third-order valence-electron chi connectivity index (χ3n) is 2.40. The van der Waals surface area contributed by atoms with Crippen molar-refractivity contribution in [3.05, 3.63) is 35.1 Å². The van der Waals surface area contributed by atoms with E-state index in [0.29, 0.717) is 18.7 Å². The second kappa shape index (κ2) is 6.61. The molecule has 0 aliphatic heterocycles. The minimum Gasteiger partial charge on any atom is -0.377 e. The molecule has 1 atom stereocenters. The van der Waals surface area contributed by atoms with E-state index in [9.17, 15) is 4.39 Å². The number of aryl methyl sites for hydroxylation is 1. The van der Waals surface area contributed by atoms with Gasteiger partial charge in [0.25, 0.3) is 0 Å². The molecule has 1 aromatic rings. The molecule has 0 saturated carbocycles. The fraction of sp³-hybridized carbons (Fsp3) is 0.538. The van der Waals surface area contributed by atoms with Crippen molar-refractivity contribution in [3.8, 4) is 0 Å². The van der Waals surface area contributed by atoms with Crippen molar-refractivity contribution < 1.29 is 9.13 Å². The van der Waals surface area contributed by atoms with Gasteiger partial charge in [0.05, 0.1) is 6.10 Å². The monoisotopic (exact) mass is 225 g/mol. The summed E-state index contributed by atoms with van der Waals surface area (Å²) in [7, 11) is 0. The maximum atomic E-state index is 13.4. The van der Waals surface area contributed by atoms with Crippen molar-refractivity contribution in [2.75, 3.05) is 13.2 Å². The van der Waals surface area contributed by atoms with Crippen LogP contribution in [0.15, 0.2) is 18.2 Å². The average molecular weight is 225 g/mol. The topological polar surface area (TPSA) is 21.3 Å². The summed E-state index contributed by atoms with van der Waals surface area (Å²) in [4.78, 5) is 0. The number of hydrogen-bond donors (Lipinski definition) is 1. The lowest BCUT2D eigenvalue weighted by atomic mass is 10.1. The Morgan fingerprint density at radius 1 is 1.44 bits per heavy atom. The molecule has 0 bridgehead atoms. The normalized spacial score (nSPS) is 12.8. The molecule has 1 N–H and O–H groups in total. The van der Waals surface area contributed by atoms with E-state index in [1.54, 1.807) is 6.07 Å². The van der Waals surface area contributed by atoms with Gasteiger partial charge in [-0.25, -0.2) is 4.39 Å². The summed E-state index contributed by atoms with van der Waals surface area (Å²) in [5, 5.41) is 3.19. The smallest absolute Gasteiger partial charge is 0.127 e. The molecule has 90 valence electrons. The second-order valence-corrected chi connectivity index (χ2v) is 3.99. The van der Waals surface area contributed by atoms with E-state index in [2.05, 4.69) is 5.32 Å². The van der Waals surface area contributed by atoms with E-state index in [-0.39, 0.29) is 11.9 Å². The summed E-state index contributed by atoms with van der Waals surface area (Å²) in [6.45, 7) is 7.93. The molecule has 0 fully saturated rings. The van der Waals surface area contributed by atoms with Crippen molar-refractivity contribution >= 4 is 0 Å². The predicted molar refractivity (Wildman–Crippen MR) is 63.9 cm³/mol. The lowest BCUT2D eigenvalue weighted by Crippen LogP contribution is -2.26. The molecule has 1 aromatic carbocycles. The maximum Gasteiger partial charge on any atom is 0.127 e. The van der Waals surface area contributed by atoms with Gasteiger partial charge >= 0.3 is 0 Å². The Morgan fingerprint density at radius 3 is 2.88 bits per heavy atom. The van der Waals surface area contributed by atoms with E-state index in [1.807, 2.05) is 26.8 Å². The molecule has 0 amide bonds. The molecular formula is C13H20FNO. The highest BCUT2D eigenvalue weighted by Crippen LogP contribution is 2.09. The lowest BCUT2D eigenvalue weighted by molar-refractivity contribution is 0.0759. The molecule has 0 aliphatic rings. The Kier molecular flexibility index (Phi) is 5.43. The van der Waals surface area contributed by atoms with Crippen LogP contribution in [0.1, 0.15) is 25.0 Å². The number of hydrogen-bond acceptors (Lipinski definition) is 2. The van der Waals surface area contributed by atoms with Gasteiger partial charge in [0.1, 0.15) is 5.82 Å². The van der Waals surface area contributed by atoms with Gasteiger partial charge in [0.15, 0.2) is 0 Å². The number of halogens is 1. The fourth-order valence-electron chi connectivity index (χ4n) is 1.59. The molecule has 0 heterocycles. The second-order valence-electron chi connectivity index (χ2n) is 3.99. The summed E-state index contributed by atoms with van der Waals surface area (Å²) < 4.78 is 18.7. The van der Waals surface area contributed by atoms with Crippen molar-refractivity contribution in [2.24, 2.45) is 0 Å². The van der Waals surface area contributed by atoms with Crippen LogP contribution >= 0.6 is 0 Å². The fourth-order valence-corrected chi connectivity index (χ4v) is 1.59. The molecule has 1 rings (SSSR count). The van der Waals surface area contributed by atoms with Gasteiger partial charge < -0.3 is 10.1 Å². The number of rotatable bonds is 6. The summed E-state index contributed by atoms with van der Waals surface area (Å²) in [5.41, 5.74) is 1.79. The summed E-state index contributed by atoms with van der Waals surface area (Å²) in [5.74, 6) is -0.151. The van der Waals surface area contributed by atoms with Gasteiger partial charge in [-0.05, 0) is 26.8 Å². The number of nitrogens with one attached hydrogen (secondary N) is 1. The maximum absolute atomic E-state index is 13.4. The average Bonchev–Trinajstić information content (AvgIpc) is 2.23. The molecular weight excluding hydrogens is 205 g/mol. The van der Waals surface area contributed by atoms with Crippen LogP contribution in [0.5, 0.6) is 0 Å². The zero-order valence-corrected chi connectivity index (χ0v) is 10.2. The van der Waals surface area contributed by atoms with Crippen molar-refractivity contribution in [1.29, 1.82) is 0 Å². The molecule has 1 unspecified atom stereocenters. The van der Waals surface area contributed by atoms with Crippen LogP contribution in [-0.2, 0) is 11.3 Å². The van der Waals surface area contributed by atoms with Crippen LogP contribution in [0.3, 0.4) is 0 Å². The van der Waals surface area contributed by atoms with E-state index >= 15 is 0 Å². The number of benzene rings is 1. The van der Waals surface area contributed by atoms with Gasteiger partial charge in [-0.2, -0.15) is 0 Å². The van der Waals surface area contributed by atoms with Crippen LogP contribution in [0, 0.1) is 12.7 Å². The molecule has 0 aliphatic carbocycles. The molecule has 3 heteroatoms. The van der Waals surface area contributed by atoms with Crippen molar-refractivity contribution in [3.63, 3.8) is 0 Å². The molecule has 0 aromatic heterocycles. The zero-order valence-electron chi connectivity index (χ0n) is 10.2. The molecule has 0 saturated heterocycles. The van der Waals surface area contributed by atoms with Crippen LogP contribution in [0.25, 0.3) is 0 Å². The Labute approximate surface area is 96.8 Å². The highest BCUT2D eigenvalue weighted by Gasteiger charge is 2.03. The summed E-state index contributed by atoms with van der Waals surface area (Å²) in [6.07, 6.45) is 0.165. The third-order valence-corrected chi connectivity index (χ3v) is 2.40. The van der Waals surface area contributed by atoms with Gasteiger partial charge in [0, 0.05) is 25.3 Å². The lowest BCUT2D eigenvalue weighted by Gasteiger charge is -2.13. The van der Waals surface area contributed by atoms with E-state index in [4.69, 9.17) is 4.74 Å². The van der Waals surface area contributed by atoms with E-state index in [1.165, 1.54) is 6.07 Å². The first-order valence-electron chi connectivity index (χ1n) is 5.70. The quantitative estimate of drug-likeness (QED) is 0.803. The third kappa shape index (κ3) is 4.29. The molecule has 16 heavy (non-hydrogen) atoms. The molecule has 0 radical (unpaired) electrons. The van der Waals surface area contributed by atoms with Crippen LogP contribution in [-0.4, -0.2) is 19.3 Å². The highest BCUT2D eigenvalue weighted by atomic mass is 19.1. The predicted octanol–water partition coefficient (Wildman–Crippen LogP) is 2.65. The Hall–Kier alpha value is -0.930. The first-order chi connectivity index (χ1) is 7.63. The number of ether oxygens (including phenoxy) is 1. The van der Waals surface area contributed by atoms with E-state index < -0.39 is 0 Å². The van der Waals surface area contributed by atoms with Crippen LogP contribution in [0.4, 0.5) is 4.39 Å². The van der Waals surface area contributed by atoms with Gasteiger partial charge in [-0.15, -0.1) is 0 Å². The van der Waals surface area contributed by atoms with Crippen molar-refractivity contribution in [1.82, 2.24) is 5.32 Å². The first-order valence-corrected chi connectivity index (χ1v) is 5.70. The zero-order chi connectivity index (χ0) is 12.0. The summed E-state index contributed by atoms with van der Waals surface area (Å²) >= 11 is 0. The van der Waals surface area contributed by atoms with Crippen molar-refractivity contribution in [2.45, 2.75) is 33.4 Å². The van der Waals surface area contributed by atoms with Gasteiger partial charge in [-0.1, -0.05) is 17.7 Å². The van der Waals surface area contributed by atoms with Gasteiger partial charge in [0.2, 0.25) is 0 Å². The summed E-state index contributed by atoms with van der Waals surface area (Å²) in [6, 6.07) is 5.16. The van der Waals surface area contributed by atoms with Crippen LogP contribution in [0.2, 0.25) is 0 Å². The van der Waals surface area contributed by atoms with Gasteiger partial charge in [-0.3, -0.25) is 0 Å². The standard InChI is InChI=1S/C13H20FNO/c1-4-16-11(3)8-15-9-12-7-10(2)5-6-13(12)14/h5-7,11,15H,4,8-9H2,1-3H3. The van der Waals surface area contributed by atoms with Crippen LogP contribution < -0.4 is 5.32 Å². The Morgan fingerprint density at radius 2 is 2.19 bits per heavy atom.